The Kier molecular flexibility index (Phi) is 4.97. The highest BCUT2D eigenvalue weighted by molar-refractivity contribution is 5.19. The van der Waals surface area contributed by atoms with Crippen LogP contribution in [-0.2, 0) is 0 Å². The predicted octanol–water partition coefficient (Wildman–Crippen LogP) is 2.25. The molecular weight excluding hydrogens is 238 g/mol. The molecule has 0 spiro atoms. The molecule has 1 aliphatic carbocycles. The molecule has 0 aromatic heterocycles. The number of hydrogen-bond acceptors (Lipinski definition) is 3. The van der Waals surface area contributed by atoms with Crippen LogP contribution in [0.15, 0.2) is 30.3 Å². The second-order valence-electron chi connectivity index (χ2n) is 5.93. The molecule has 1 saturated carbocycles. The van der Waals surface area contributed by atoms with Crippen molar-refractivity contribution in [3.63, 3.8) is 0 Å². The lowest BCUT2D eigenvalue weighted by atomic mass is 9.79. The van der Waals surface area contributed by atoms with Crippen LogP contribution in [0.4, 0.5) is 0 Å². The Bertz CT molecular complexity index is 372. The Morgan fingerprint density at radius 3 is 2.47 bits per heavy atom. The van der Waals surface area contributed by atoms with Gasteiger partial charge in [-0.1, -0.05) is 37.3 Å². The van der Waals surface area contributed by atoms with Crippen molar-refractivity contribution in [2.75, 3.05) is 13.2 Å². The zero-order chi connectivity index (χ0) is 13.7. The SMILES string of the molecule is CC1CCC(O)(CN[C@H](CO)c2ccccc2)CC1. The molecular formula is C16H25NO2. The summed E-state index contributed by atoms with van der Waals surface area (Å²) in [6, 6.07) is 9.81. The first-order valence-electron chi connectivity index (χ1n) is 7.24. The molecule has 0 heterocycles. The zero-order valence-corrected chi connectivity index (χ0v) is 11.7. The Hall–Kier alpha value is -0.900. The van der Waals surface area contributed by atoms with Crippen molar-refractivity contribution in [1.29, 1.82) is 0 Å². The van der Waals surface area contributed by atoms with Crippen LogP contribution in [0.3, 0.4) is 0 Å². The molecule has 0 unspecified atom stereocenters. The quantitative estimate of drug-likeness (QED) is 0.763. The van der Waals surface area contributed by atoms with E-state index in [-0.39, 0.29) is 12.6 Å². The molecule has 106 valence electrons. The second-order valence-corrected chi connectivity index (χ2v) is 5.93. The molecule has 0 aliphatic heterocycles. The van der Waals surface area contributed by atoms with Crippen molar-refractivity contribution in [3.8, 4) is 0 Å². The largest absolute Gasteiger partial charge is 0.394 e. The summed E-state index contributed by atoms with van der Waals surface area (Å²) in [6.07, 6.45) is 3.89. The van der Waals surface area contributed by atoms with E-state index in [9.17, 15) is 10.2 Å². The van der Waals surface area contributed by atoms with Gasteiger partial charge in [0.1, 0.15) is 0 Å². The van der Waals surface area contributed by atoms with Gasteiger partial charge >= 0.3 is 0 Å². The van der Waals surface area contributed by atoms with Crippen molar-refractivity contribution in [2.24, 2.45) is 5.92 Å². The van der Waals surface area contributed by atoms with Crippen molar-refractivity contribution < 1.29 is 10.2 Å². The number of aliphatic hydroxyl groups excluding tert-OH is 1. The van der Waals surface area contributed by atoms with Crippen molar-refractivity contribution in [3.05, 3.63) is 35.9 Å². The van der Waals surface area contributed by atoms with E-state index in [1.807, 2.05) is 30.3 Å². The summed E-state index contributed by atoms with van der Waals surface area (Å²) in [5, 5.41) is 23.3. The summed E-state index contributed by atoms with van der Waals surface area (Å²) in [5.41, 5.74) is 0.465. The standard InChI is InChI=1S/C16H25NO2/c1-13-7-9-16(19,10-8-13)12-17-15(11-18)14-5-3-2-4-6-14/h2-6,13,15,17-19H,7-12H2,1H3/t13?,15-,16?/m1/s1. The molecule has 1 fully saturated rings. The lowest BCUT2D eigenvalue weighted by molar-refractivity contribution is -0.00956. The van der Waals surface area contributed by atoms with Crippen molar-refractivity contribution in [2.45, 2.75) is 44.2 Å². The van der Waals surface area contributed by atoms with Gasteiger partial charge in [-0.2, -0.15) is 0 Å². The van der Waals surface area contributed by atoms with E-state index in [1.165, 1.54) is 0 Å². The van der Waals surface area contributed by atoms with E-state index in [2.05, 4.69) is 12.2 Å². The lowest BCUT2D eigenvalue weighted by Crippen LogP contribution is -2.44. The normalized spacial score (nSPS) is 29.1. The maximum atomic E-state index is 10.5. The van der Waals surface area contributed by atoms with Gasteiger partial charge in [0.2, 0.25) is 0 Å². The van der Waals surface area contributed by atoms with Crippen LogP contribution in [0, 0.1) is 5.92 Å². The van der Waals surface area contributed by atoms with Crippen LogP contribution in [0.1, 0.15) is 44.2 Å². The maximum absolute atomic E-state index is 10.5. The van der Waals surface area contributed by atoms with Gasteiger partial charge in [-0.25, -0.2) is 0 Å². The topological polar surface area (TPSA) is 52.5 Å². The first kappa shape index (κ1) is 14.5. The Morgan fingerprint density at radius 2 is 1.89 bits per heavy atom. The summed E-state index contributed by atoms with van der Waals surface area (Å²) in [4.78, 5) is 0. The molecule has 3 nitrogen and oxygen atoms in total. The Labute approximate surface area is 115 Å². The summed E-state index contributed by atoms with van der Waals surface area (Å²) in [6.45, 7) is 2.85. The van der Waals surface area contributed by atoms with Gasteiger partial charge in [-0.15, -0.1) is 0 Å². The first-order chi connectivity index (χ1) is 9.13. The van der Waals surface area contributed by atoms with E-state index in [0.717, 1.165) is 37.2 Å². The minimum atomic E-state index is -0.602. The number of rotatable bonds is 5. The average molecular weight is 263 g/mol. The number of benzene rings is 1. The molecule has 1 aromatic carbocycles. The van der Waals surface area contributed by atoms with Crippen LogP contribution in [0.2, 0.25) is 0 Å². The Balaban J connectivity index is 1.90. The molecule has 3 N–H and O–H groups in total. The fourth-order valence-electron chi connectivity index (χ4n) is 2.76. The summed E-state index contributed by atoms with van der Waals surface area (Å²) < 4.78 is 0. The molecule has 1 atom stereocenters. The lowest BCUT2D eigenvalue weighted by Gasteiger charge is -2.36. The second kappa shape index (κ2) is 6.51. The smallest absolute Gasteiger partial charge is 0.0772 e. The van der Waals surface area contributed by atoms with Crippen LogP contribution in [-0.4, -0.2) is 29.0 Å². The average Bonchev–Trinajstić information content (AvgIpc) is 2.44. The monoisotopic (exact) mass is 263 g/mol. The Morgan fingerprint density at radius 1 is 1.26 bits per heavy atom. The van der Waals surface area contributed by atoms with Gasteiger partial charge in [0, 0.05) is 6.54 Å². The highest BCUT2D eigenvalue weighted by Crippen LogP contribution is 2.31. The van der Waals surface area contributed by atoms with Gasteiger partial charge in [0.15, 0.2) is 0 Å². The fourth-order valence-corrected chi connectivity index (χ4v) is 2.76. The summed E-state index contributed by atoms with van der Waals surface area (Å²) >= 11 is 0. The molecule has 0 amide bonds. The molecule has 2 rings (SSSR count). The summed E-state index contributed by atoms with van der Waals surface area (Å²) in [5.74, 6) is 0.725. The molecule has 1 aromatic rings. The third kappa shape index (κ3) is 4.03. The third-order valence-electron chi connectivity index (χ3n) is 4.27. The number of aliphatic hydroxyl groups is 2. The third-order valence-corrected chi connectivity index (χ3v) is 4.27. The molecule has 0 saturated heterocycles. The minimum absolute atomic E-state index is 0.0521. The molecule has 19 heavy (non-hydrogen) atoms. The highest BCUT2D eigenvalue weighted by Gasteiger charge is 2.32. The molecule has 1 aliphatic rings. The minimum Gasteiger partial charge on any atom is -0.394 e. The van der Waals surface area contributed by atoms with Gasteiger partial charge in [-0.3, -0.25) is 0 Å². The number of nitrogens with one attached hydrogen (secondary N) is 1. The van der Waals surface area contributed by atoms with Gasteiger partial charge in [0.05, 0.1) is 18.2 Å². The predicted molar refractivity (Wildman–Crippen MR) is 76.9 cm³/mol. The molecule has 3 heteroatoms. The van der Waals surface area contributed by atoms with Crippen LogP contribution >= 0.6 is 0 Å². The van der Waals surface area contributed by atoms with E-state index < -0.39 is 5.60 Å². The van der Waals surface area contributed by atoms with Crippen molar-refractivity contribution >= 4 is 0 Å². The van der Waals surface area contributed by atoms with Gasteiger partial charge in [-0.05, 0) is 37.2 Å². The summed E-state index contributed by atoms with van der Waals surface area (Å²) in [7, 11) is 0. The fraction of sp³-hybridized carbons (Fsp3) is 0.625. The number of hydrogen-bond donors (Lipinski definition) is 3. The van der Waals surface area contributed by atoms with E-state index in [1.54, 1.807) is 0 Å². The first-order valence-corrected chi connectivity index (χ1v) is 7.24. The van der Waals surface area contributed by atoms with Gasteiger partial charge < -0.3 is 15.5 Å². The van der Waals surface area contributed by atoms with Gasteiger partial charge in [0.25, 0.3) is 0 Å². The molecule has 0 bridgehead atoms. The van der Waals surface area contributed by atoms with Crippen LogP contribution < -0.4 is 5.32 Å². The van der Waals surface area contributed by atoms with Crippen LogP contribution in [0.5, 0.6) is 0 Å². The zero-order valence-electron chi connectivity index (χ0n) is 11.7. The highest BCUT2D eigenvalue weighted by atomic mass is 16.3. The van der Waals surface area contributed by atoms with Crippen LogP contribution in [0.25, 0.3) is 0 Å². The maximum Gasteiger partial charge on any atom is 0.0772 e. The molecule has 0 radical (unpaired) electrons. The van der Waals surface area contributed by atoms with E-state index in [0.29, 0.717) is 6.54 Å². The van der Waals surface area contributed by atoms with E-state index >= 15 is 0 Å². The van der Waals surface area contributed by atoms with E-state index in [4.69, 9.17) is 0 Å². The van der Waals surface area contributed by atoms with Crippen molar-refractivity contribution in [1.82, 2.24) is 5.32 Å².